The normalized spacial score (nSPS) is 11.2. The highest BCUT2D eigenvalue weighted by Crippen LogP contribution is 2.39. The summed E-state index contributed by atoms with van der Waals surface area (Å²) in [6, 6.07) is 29.0. The molecule has 0 aliphatic rings. The molecule has 1 amide bonds. The summed E-state index contributed by atoms with van der Waals surface area (Å²) in [5.41, 5.74) is 5.61. The van der Waals surface area contributed by atoms with Gasteiger partial charge in [-0.25, -0.2) is 10.2 Å². The SMILES string of the molecule is COc1cc(C=NNC(=O)c2[nH]c3c(ccc4ccccc43)c2-c2ccccc2Cl)ccc1OC(=O)c1ccc([N+](=O)[O-])cc1. The van der Waals surface area contributed by atoms with Crippen LogP contribution in [0.5, 0.6) is 11.5 Å². The first-order chi connectivity index (χ1) is 21.8. The van der Waals surface area contributed by atoms with Crippen LogP contribution in [0.25, 0.3) is 32.8 Å². The van der Waals surface area contributed by atoms with E-state index < -0.39 is 16.8 Å². The van der Waals surface area contributed by atoms with Gasteiger partial charge in [-0.15, -0.1) is 0 Å². The number of nitro groups is 1. The molecule has 0 bridgehead atoms. The van der Waals surface area contributed by atoms with Crippen molar-refractivity contribution in [1.29, 1.82) is 0 Å². The van der Waals surface area contributed by atoms with E-state index >= 15 is 0 Å². The number of halogens is 1. The van der Waals surface area contributed by atoms with Gasteiger partial charge < -0.3 is 14.5 Å². The Kier molecular flexibility index (Phi) is 7.96. The van der Waals surface area contributed by atoms with E-state index in [1.54, 1.807) is 18.2 Å². The van der Waals surface area contributed by atoms with Crippen LogP contribution in [0.2, 0.25) is 5.02 Å². The number of amides is 1. The maximum atomic E-state index is 13.5. The molecule has 0 saturated heterocycles. The van der Waals surface area contributed by atoms with Crippen molar-refractivity contribution < 1.29 is 24.0 Å². The van der Waals surface area contributed by atoms with Crippen LogP contribution in [0.1, 0.15) is 26.4 Å². The standard InChI is InChI=1S/C34H23ClN4O6/c1-44-29-18-20(10-17-28(29)45-34(41)22-11-14-23(15-12-22)39(42)43)19-36-38-33(40)32-30(25-8-4-5-9-27(25)35)26-16-13-21-6-2-3-7-24(21)31(26)37-32/h2-19,37H,1H3,(H,38,40). The van der Waals surface area contributed by atoms with Gasteiger partial charge in [-0.2, -0.15) is 5.10 Å². The molecule has 0 atom stereocenters. The first-order valence-electron chi connectivity index (χ1n) is 13.6. The summed E-state index contributed by atoms with van der Waals surface area (Å²) < 4.78 is 10.8. The predicted octanol–water partition coefficient (Wildman–Crippen LogP) is 7.54. The largest absolute Gasteiger partial charge is 0.493 e. The summed E-state index contributed by atoms with van der Waals surface area (Å²) in [6.45, 7) is 0. The number of hydrazone groups is 1. The molecule has 0 fully saturated rings. The van der Waals surface area contributed by atoms with Crippen molar-refractivity contribution in [3.8, 4) is 22.6 Å². The van der Waals surface area contributed by atoms with Gasteiger partial charge in [-0.05, 0) is 47.3 Å². The van der Waals surface area contributed by atoms with Crippen LogP contribution in [0, 0.1) is 10.1 Å². The molecule has 0 aliphatic heterocycles. The smallest absolute Gasteiger partial charge is 0.343 e. The lowest BCUT2D eigenvalue weighted by Gasteiger charge is -2.10. The monoisotopic (exact) mass is 618 g/mol. The molecule has 0 spiro atoms. The van der Waals surface area contributed by atoms with Crippen molar-refractivity contribution in [2.75, 3.05) is 7.11 Å². The number of carbonyl (C=O) groups excluding carboxylic acids is 2. The summed E-state index contributed by atoms with van der Waals surface area (Å²) >= 11 is 6.58. The number of hydrogen-bond donors (Lipinski definition) is 2. The first-order valence-corrected chi connectivity index (χ1v) is 14.0. The Morgan fingerprint density at radius 2 is 1.67 bits per heavy atom. The fourth-order valence-corrected chi connectivity index (χ4v) is 5.23. The number of nitrogens with one attached hydrogen (secondary N) is 2. The lowest BCUT2D eigenvalue weighted by atomic mass is 9.99. The number of rotatable bonds is 8. The Bertz CT molecular complexity index is 2140. The van der Waals surface area contributed by atoms with Gasteiger partial charge in [0.1, 0.15) is 5.69 Å². The molecule has 11 heteroatoms. The number of nitro benzene ring substituents is 1. The Balaban J connectivity index is 1.24. The van der Waals surface area contributed by atoms with E-state index in [1.165, 1.54) is 43.7 Å². The van der Waals surface area contributed by atoms with Gasteiger partial charge in [0.05, 0.1) is 29.3 Å². The van der Waals surface area contributed by atoms with E-state index in [0.29, 0.717) is 27.4 Å². The average Bonchev–Trinajstić information content (AvgIpc) is 3.45. The second kappa shape index (κ2) is 12.3. The van der Waals surface area contributed by atoms with Crippen LogP contribution < -0.4 is 14.9 Å². The van der Waals surface area contributed by atoms with Crippen LogP contribution in [-0.2, 0) is 0 Å². The van der Waals surface area contributed by atoms with Gasteiger partial charge in [-0.1, -0.05) is 66.2 Å². The minimum atomic E-state index is -0.711. The highest BCUT2D eigenvalue weighted by atomic mass is 35.5. The number of non-ortho nitro benzene ring substituents is 1. The van der Waals surface area contributed by atoms with Crippen LogP contribution in [0.4, 0.5) is 5.69 Å². The summed E-state index contributed by atoms with van der Waals surface area (Å²) in [6.07, 6.45) is 1.43. The fourth-order valence-electron chi connectivity index (χ4n) is 5.00. The average molecular weight is 619 g/mol. The molecule has 6 rings (SSSR count). The minimum absolute atomic E-state index is 0.136. The number of aromatic nitrogens is 1. The Labute approximate surface area is 261 Å². The van der Waals surface area contributed by atoms with Gasteiger partial charge in [-0.3, -0.25) is 14.9 Å². The molecule has 222 valence electrons. The van der Waals surface area contributed by atoms with Crippen molar-refractivity contribution in [2.45, 2.75) is 0 Å². The number of fused-ring (bicyclic) bond motifs is 3. The summed E-state index contributed by atoms with van der Waals surface area (Å²) in [5, 5.41) is 18.4. The minimum Gasteiger partial charge on any atom is -0.493 e. The Morgan fingerprint density at radius 1 is 0.911 bits per heavy atom. The molecule has 0 radical (unpaired) electrons. The van der Waals surface area contributed by atoms with Crippen LogP contribution in [-0.4, -0.2) is 35.1 Å². The number of nitrogens with zero attached hydrogens (tertiary/aromatic N) is 2. The second-order valence-corrected chi connectivity index (χ2v) is 10.3. The highest BCUT2D eigenvalue weighted by molar-refractivity contribution is 6.34. The first kappa shape index (κ1) is 29.1. The van der Waals surface area contributed by atoms with Gasteiger partial charge in [0.25, 0.3) is 11.6 Å². The summed E-state index contributed by atoms with van der Waals surface area (Å²) in [7, 11) is 1.41. The van der Waals surface area contributed by atoms with Gasteiger partial charge in [0.2, 0.25) is 0 Å². The molecule has 2 N–H and O–H groups in total. The molecular formula is C34H23ClN4O6. The van der Waals surface area contributed by atoms with E-state index in [4.69, 9.17) is 21.1 Å². The molecule has 0 saturated carbocycles. The zero-order chi connectivity index (χ0) is 31.5. The lowest BCUT2D eigenvalue weighted by molar-refractivity contribution is -0.384. The Morgan fingerprint density at radius 3 is 2.42 bits per heavy atom. The van der Waals surface area contributed by atoms with Gasteiger partial charge in [0.15, 0.2) is 11.5 Å². The number of esters is 1. The maximum Gasteiger partial charge on any atom is 0.343 e. The second-order valence-electron chi connectivity index (χ2n) is 9.87. The number of methoxy groups -OCH3 is 1. The highest BCUT2D eigenvalue weighted by Gasteiger charge is 2.22. The van der Waals surface area contributed by atoms with Crippen molar-refractivity contribution in [2.24, 2.45) is 5.10 Å². The van der Waals surface area contributed by atoms with Crippen molar-refractivity contribution >= 4 is 57.1 Å². The molecule has 1 heterocycles. The van der Waals surface area contributed by atoms with E-state index in [9.17, 15) is 19.7 Å². The molecule has 1 aromatic heterocycles. The van der Waals surface area contributed by atoms with Crippen LogP contribution in [0.15, 0.2) is 108 Å². The molecule has 45 heavy (non-hydrogen) atoms. The van der Waals surface area contributed by atoms with Crippen LogP contribution in [0.3, 0.4) is 0 Å². The number of hydrogen-bond acceptors (Lipinski definition) is 7. The molecule has 5 aromatic carbocycles. The summed E-state index contributed by atoms with van der Waals surface area (Å²) in [4.78, 5) is 39.7. The molecule has 0 unspecified atom stereocenters. The van der Waals surface area contributed by atoms with E-state index in [-0.39, 0.29) is 22.7 Å². The number of benzene rings is 5. The quantitative estimate of drug-likeness (QED) is 0.0594. The third kappa shape index (κ3) is 5.82. The third-order valence-electron chi connectivity index (χ3n) is 7.15. The summed E-state index contributed by atoms with van der Waals surface area (Å²) in [5.74, 6) is -0.805. The van der Waals surface area contributed by atoms with Crippen LogP contribution >= 0.6 is 11.6 Å². The number of ether oxygens (including phenoxy) is 2. The number of carbonyl (C=O) groups is 2. The third-order valence-corrected chi connectivity index (χ3v) is 7.48. The van der Waals surface area contributed by atoms with Crippen molar-refractivity contribution in [3.63, 3.8) is 0 Å². The van der Waals surface area contributed by atoms with Crippen molar-refractivity contribution in [3.05, 3.63) is 135 Å². The lowest BCUT2D eigenvalue weighted by Crippen LogP contribution is -2.19. The molecule has 6 aromatic rings. The van der Waals surface area contributed by atoms with E-state index in [1.807, 2.05) is 54.6 Å². The number of H-pyrrole nitrogens is 1. The van der Waals surface area contributed by atoms with E-state index in [0.717, 1.165) is 21.7 Å². The zero-order valence-corrected chi connectivity index (χ0v) is 24.4. The van der Waals surface area contributed by atoms with Gasteiger partial charge in [0, 0.05) is 39.1 Å². The van der Waals surface area contributed by atoms with E-state index in [2.05, 4.69) is 15.5 Å². The topological polar surface area (TPSA) is 136 Å². The zero-order valence-electron chi connectivity index (χ0n) is 23.6. The van der Waals surface area contributed by atoms with Crippen molar-refractivity contribution in [1.82, 2.24) is 10.4 Å². The fraction of sp³-hybridized carbons (Fsp3) is 0.0294. The maximum absolute atomic E-state index is 13.5. The molecule has 0 aliphatic carbocycles. The van der Waals surface area contributed by atoms with Gasteiger partial charge >= 0.3 is 5.97 Å². The molecular weight excluding hydrogens is 596 g/mol. The Hall–Kier alpha value is -6.00. The molecule has 10 nitrogen and oxygen atoms in total. The number of aromatic amines is 1. The predicted molar refractivity (Wildman–Crippen MR) is 172 cm³/mol.